The van der Waals surface area contributed by atoms with E-state index in [0.29, 0.717) is 32.2 Å². The van der Waals surface area contributed by atoms with E-state index in [4.69, 9.17) is 9.73 Å². The van der Waals surface area contributed by atoms with E-state index >= 15 is 0 Å². The second-order valence-corrected chi connectivity index (χ2v) is 7.23. The molecule has 0 atom stereocenters. The summed E-state index contributed by atoms with van der Waals surface area (Å²) in [7, 11) is 1.67. The third-order valence-corrected chi connectivity index (χ3v) is 5.33. The number of aromatic nitrogens is 1. The molecule has 1 N–H and O–H groups in total. The summed E-state index contributed by atoms with van der Waals surface area (Å²) in [5, 5.41) is 1.14. The molecule has 1 aromatic heterocycles. The molecule has 0 amide bonds. The van der Waals surface area contributed by atoms with Gasteiger partial charge < -0.3 is 9.72 Å². The predicted octanol–water partition coefficient (Wildman–Crippen LogP) is 4.21. The summed E-state index contributed by atoms with van der Waals surface area (Å²) in [5.74, 6) is 0.331. The summed E-state index contributed by atoms with van der Waals surface area (Å²) >= 11 is 0. The van der Waals surface area contributed by atoms with E-state index in [0.717, 1.165) is 40.9 Å². The average molecular weight is 368 g/mol. The minimum atomic E-state index is -0.595. The molecule has 0 aliphatic heterocycles. The van der Waals surface area contributed by atoms with Gasteiger partial charge in [-0.2, -0.15) is 0 Å². The molecule has 1 saturated carbocycles. The third-order valence-electron chi connectivity index (χ3n) is 5.33. The summed E-state index contributed by atoms with van der Waals surface area (Å²) in [4.78, 5) is 32.7. The van der Waals surface area contributed by atoms with Crippen molar-refractivity contribution in [3.8, 4) is 5.75 Å². The number of Topliss-reactive ketones (excluding diaryl/α,β-unsaturated/α-hetero) is 2. The van der Waals surface area contributed by atoms with Crippen LogP contribution >= 0.6 is 0 Å². The van der Waals surface area contributed by atoms with Crippen molar-refractivity contribution in [2.75, 3.05) is 13.7 Å². The van der Waals surface area contributed by atoms with Crippen LogP contribution in [0, 0.1) is 12.8 Å². The van der Waals surface area contributed by atoms with Crippen molar-refractivity contribution in [1.29, 1.82) is 0 Å². The summed E-state index contributed by atoms with van der Waals surface area (Å²) in [6.07, 6.45) is 4.05. The highest BCUT2D eigenvalue weighted by Crippen LogP contribution is 2.27. The van der Waals surface area contributed by atoms with E-state index in [1.165, 1.54) is 5.56 Å². The third kappa shape index (κ3) is 4.12. The van der Waals surface area contributed by atoms with Crippen molar-refractivity contribution < 1.29 is 14.3 Å². The number of aryl methyl sites for hydroxylation is 1. The van der Waals surface area contributed by atoms with Gasteiger partial charge in [0.05, 0.1) is 7.11 Å². The summed E-state index contributed by atoms with van der Waals surface area (Å²) in [6, 6.07) is 6.01. The number of nitrogens with zero attached hydrogens (tertiary/aromatic N) is 1. The van der Waals surface area contributed by atoms with Crippen molar-refractivity contribution in [3.05, 3.63) is 29.5 Å². The molecule has 1 aliphatic rings. The Balaban J connectivity index is 1.81. The lowest BCUT2D eigenvalue weighted by Crippen LogP contribution is -2.35. The van der Waals surface area contributed by atoms with Gasteiger partial charge in [0, 0.05) is 41.7 Å². The largest absolute Gasteiger partial charge is 0.497 e. The zero-order valence-corrected chi connectivity index (χ0v) is 16.4. The van der Waals surface area contributed by atoms with Gasteiger partial charge in [-0.15, -0.1) is 0 Å². The number of nitrogens with one attached hydrogen (secondary N) is 1. The van der Waals surface area contributed by atoms with Gasteiger partial charge >= 0.3 is 0 Å². The highest BCUT2D eigenvalue weighted by Gasteiger charge is 2.33. The summed E-state index contributed by atoms with van der Waals surface area (Å²) < 4.78 is 5.35. The number of hydrogen-bond acceptors (Lipinski definition) is 4. The van der Waals surface area contributed by atoms with Crippen LogP contribution in [0.4, 0.5) is 0 Å². The molecule has 1 fully saturated rings. The number of aliphatic imine (C=N–C) groups is 1. The van der Waals surface area contributed by atoms with Gasteiger partial charge in [0.2, 0.25) is 0 Å². The SMILES string of the molecule is CCCC(=NCCc1c(C)[nH]c2ccc(OC)cc12)C1C(=O)CCCC1=O. The van der Waals surface area contributed by atoms with Crippen molar-refractivity contribution in [1.82, 2.24) is 4.98 Å². The fourth-order valence-electron chi connectivity index (χ4n) is 3.97. The molecule has 0 saturated heterocycles. The van der Waals surface area contributed by atoms with Crippen LogP contribution in [0.3, 0.4) is 0 Å². The van der Waals surface area contributed by atoms with Crippen LogP contribution in [-0.4, -0.2) is 35.9 Å². The molecule has 5 nitrogen and oxygen atoms in total. The Kier molecular flexibility index (Phi) is 6.09. The predicted molar refractivity (Wildman–Crippen MR) is 108 cm³/mol. The molecule has 0 unspecified atom stereocenters. The standard InChI is InChI=1S/C22H28N2O3/c1-4-6-19(22-20(25)7-5-8-21(22)26)23-12-11-16-14(2)24-18-10-9-15(27-3)13-17(16)18/h9-10,13,22,24H,4-8,11-12H2,1-3H3. The number of fused-ring (bicyclic) bond motifs is 1. The Labute approximate surface area is 160 Å². The quantitative estimate of drug-likeness (QED) is 0.588. The normalized spacial score (nSPS) is 16.3. The molecule has 144 valence electrons. The second kappa shape index (κ2) is 8.51. The maximum Gasteiger partial charge on any atom is 0.149 e. The van der Waals surface area contributed by atoms with Crippen molar-refractivity contribution >= 4 is 28.2 Å². The van der Waals surface area contributed by atoms with E-state index in [1.54, 1.807) is 7.11 Å². The first-order valence-corrected chi connectivity index (χ1v) is 9.79. The number of rotatable bonds is 7. The van der Waals surface area contributed by atoms with Gasteiger partial charge in [-0.3, -0.25) is 14.6 Å². The van der Waals surface area contributed by atoms with E-state index in [9.17, 15) is 9.59 Å². The molecule has 5 heteroatoms. The van der Waals surface area contributed by atoms with Gasteiger partial charge in [0.25, 0.3) is 0 Å². The second-order valence-electron chi connectivity index (χ2n) is 7.23. The van der Waals surface area contributed by atoms with Crippen LogP contribution < -0.4 is 4.74 Å². The van der Waals surface area contributed by atoms with E-state index in [1.807, 2.05) is 18.2 Å². The van der Waals surface area contributed by atoms with E-state index in [-0.39, 0.29) is 11.6 Å². The Bertz CT molecular complexity index is 863. The Morgan fingerprint density at radius 3 is 2.67 bits per heavy atom. The number of methoxy groups -OCH3 is 1. The molecule has 1 aromatic carbocycles. The molecule has 0 spiro atoms. The van der Waals surface area contributed by atoms with Crippen LogP contribution in [0.15, 0.2) is 23.2 Å². The minimum absolute atomic E-state index is 0.0476. The zero-order chi connectivity index (χ0) is 19.4. The number of H-pyrrole nitrogens is 1. The Morgan fingerprint density at radius 2 is 2.00 bits per heavy atom. The van der Waals surface area contributed by atoms with E-state index in [2.05, 4.69) is 18.8 Å². The molecule has 1 heterocycles. The number of aromatic amines is 1. The highest BCUT2D eigenvalue weighted by atomic mass is 16.5. The van der Waals surface area contributed by atoms with Crippen LogP contribution in [0.2, 0.25) is 0 Å². The summed E-state index contributed by atoms with van der Waals surface area (Å²) in [6.45, 7) is 4.70. The van der Waals surface area contributed by atoms with Crippen molar-refractivity contribution in [2.24, 2.45) is 10.9 Å². The van der Waals surface area contributed by atoms with E-state index < -0.39 is 5.92 Å². The van der Waals surface area contributed by atoms with Crippen molar-refractivity contribution in [2.45, 2.75) is 52.4 Å². The molecule has 27 heavy (non-hydrogen) atoms. The Hall–Kier alpha value is -2.43. The maximum absolute atomic E-state index is 12.3. The topological polar surface area (TPSA) is 71.5 Å². The minimum Gasteiger partial charge on any atom is -0.497 e. The lowest BCUT2D eigenvalue weighted by Gasteiger charge is -2.21. The highest BCUT2D eigenvalue weighted by molar-refractivity contribution is 6.22. The van der Waals surface area contributed by atoms with Crippen molar-refractivity contribution in [3.63, 3.8) is 0 Å². The van der Waals surface area contributed by atoms with Gasteiger partial charge in [-0.05, 0) is 49.9 Å². The van der Waals surface area contributed by atoms with Crippen LogP contribution in [0.25, 0.3) is 10.9 Å². The number of carbonyl (C=O) groups excluding carboxylic acids is 2. The lowest BCUT2D eigenvalue weighted by molar-refractivity contribution is -0.132. The molecular formula is C22H28N2O3. The van der Waals surface area contributed by atoms with Gasteiger partial charge in [0.15, 0.2) is 0 Å². The average Bonchev–Trinajstić information content (AvgIpc) is 2.96. The van der Waals surface area contributed by atoms with Crippen LogP contribution in [-0.2, 0) is 16.0 Å². The number of carbonyl (C=O) groups is 2. The lowest BCUT2D eigenvalue weighted by atomic mass is 9.82. The molecule has 2 aromatic rings. The molecule has 1 aliphatic carbocycles. The first kappa shape index (κ1) is 19.3. The van der Waals surface area contributed by atoms with Gasteiger partial charge in [-0.25, -0.2) is 0 Å². The number of ketones is 2. The fraction of sp³-hybridized carbons (Fsp3) is 0.500. The number of hydrogen-bond donors (Lipinski definition) is 1. The Morgan fingerprint density at radius 1 is 1.26 bits per heavy atom. The zero-order valence-electron chi connectivity index (χ0n) is 16.4. The molecule has 0 radical (unpaired) electrons. The smallest absolute Gasteiger partial charge is 0.149 e. The van der Waals surface area contributed by atoms with Gasteiger partial charge in [-0.1, -0.05) is 13.3 Å². The number of benzene rings is 1. The molecule has 0 bridgehead atoms. The monoisotopic (exact) mass is 368 g/mol. The van der Waals surface area contributed by atoms with Gasteiger partial charge in [0.1, 0.15) is 23.2 Å². The first-order chi connectivity index (χ1) is 13.0. The summed E-state index contributed by atoms with van der Waals surface area (Å²) in [5.41, 5.74) is 4.20. The van der Waals surface area contributed by atoms with Crippen LogP contribution in [0.1, 0.15) is 50.3 Å². The van der Waals surface area contributed by atoms with Crippen LogP contribution in [0.5, 0.6) is 5.75 Å². The molecule has 3 rings (SSSR count). The fourth-order valence-corrected chi connectivity index (χ4v) is 3.97. The number of ether oxygens (including phenoxy) is 1. The molecular weight excluding hydrogens is 340 g/mol. The first-order valence-electron chi connectivity index (χ1n) is 9.79. The maximum atomic E-state index is 12.3.